The largest absolute Gasteiger partial charge is 0.375 e. The minimum Gasteiger partial charge on any atom is -0.375 e. The fraction of sp³-hybridized carbons (Fsp3) is 0.467. The molecule has 0 bridgehead atoms. The van der Waals surface area contributed by atoms with Crippen molar-refractivity contribution in [3.63, 3.8) is 0 Å². The normalized spacial score (nSPS) is 18.0. The van der Waals surface area contributed by atoms with E-state index in [4.69, 9.17) is 4.74 Å². The van der Waals surface area contributed by atoms with Gasteiger partial charge in [0, 0.05) is 25.0 Å². The van der Waals surface area contributed by atoms with Crippen LogP contribution in [0.4, 0.5) is 11.4 Å². The summed E-state index contributed by atoms with van der Waals surface area (Å²) in [6, 6.07) is 7.10. The lowest BCUT2D eigenvalue weighted by molar-refractivity contribution is -0.120. The molecule has 3 N–H and O–H groups in total. The lowest BCUT2D eigenvalue weighted by Crippen LogP contribution is -2.37. The molecule has 0 saturated carbocycles. The van der Waals surface area contributed by atoms with Gasteiger partial charge in [-0.1, -0.05) is 6.07 Å². The maximum absolute atomic E-state index is 12.1. The molecule has 0 unspecified atom stereocenters. The molecule has 114 valence electrons. The fourth-order valence-electron chi connectivity index (χ4n) is 2.32. The molecule has 1 aromatic rings. The van der Waals surface area contributed by atoms with E-state index < -0.39 is 0 Å². The highest BCUT2D eigenvalue weighted by molar-refractivity contribution is 5.95. The number of carbonyl (C=O) groups excluding carboxylic acids is 2. The van der Waals surface area contributed by atoms with E-state index in [2.05, 4.69) is 16.0 Å². The van der Waals surface area contributed by atoms with Crippen LogP contribution in [0.2, 0.25) is 0 Å². The number of rotatable bonds is 5. The Kier molecular flexibility index (Phi) is 5.71. The number of piperidine rings is 1. The highest BCUT2D eigenvalue weighted by atomic mass is 16.5. The van der Waals surface area contributed by atoms with E-state index in [9.17, 15) is 9.59 Å². The molecule has 6 nitrogen and oxygen atoms in total. The zero-order valence-corrected chi connectivity index (χ0v) is 12.1. The van der Waals surface area contributed by atoms with Gasteiger partial charge in [0.1, 0.15) is 6.61 Å². The van der Waals surface area contributed by atoms with Crippen molar-refractivity contribution in [2.75, 3.05) is 37.4 Å². The number of ether oxygens (including phenoxy) is 1. The molecular formula is C15H21N3O3. The van der Waals surface area contributed by atoms with Crippen LogP contribution in [0.1, 0.15) is 12.8 Å². The second-order valence-electron chi connectivity index (χ2n) is 5.09. The fourth-order valence-corrected chi connectivity index (χ4v) is 2.32. The maximum atomic E-state index is 12.1. The van der Waals surface area contributed by atoms with Crippen LogP contribution in [0.3, 0.4) is 0 Å². The number of methoxy groups -OCH3 is 1. The summed E-state index contributed by atoms with van der Waals surface area (Å²) < 4.78 is 4.76. The summed E-state index contributed by atoms with van der Waals surface area (Å²) in [6.45, 7) is 1.70. The van der Waals surface area contributed by atoms with Crippen LogP contribution in [0.15, 0.2) is 24.3 Å². The molecule has 1 aliphatic heterocycles. The van der Waals surface area contributed by atoms with Gasteiger partial charge in [-0.2, -0.15) is 0 Å². The summed E-state index contributed by atoms with van der Waals surface area (Å²) in [6.07, 6.45) is 1.92. The number of nitrogens with one attached hydrogen (secondary N) is 3. The van der Waals surface area contributed by atoms with Crippen LogP contribution in [0, 0.1) is 5.92 Å². The lowest BCUT2D eigenvalue weighted by Gasteiger charge is -2.22. The van der Waals surface area contributed by atoms with Crippen LogP contribution >= 0.6 is 0 Å². The second kappa shape index (κ2) is 7.75. The summed E-state index contributed by atoms with van der Waals surface area (Å²) >= 11 is 0. The zero-order valence-electron chi connectivity index (χ0n) is 12.1. The van der Waals surface area contributed by atoms with Crippen molar-refractivity contribution in [2.45, 2.75) is 12.8 Å². The van der Waals surface area contributed by atoms with Gasteiger partial charge in [0.05, 0.1) is 5.92 Å². The first kappa shape index (κ1) is 15.5. The average Bonchev–Trinajstić information content (AvgIpc) is 2.48. The molecule has 0 radical (unpaired) electrons. The van der Waals surface area contributed by atoms with E-state index in [0.29, 0.717) is 11.4 Å². The Labute approximate surface area is 124 Å². The number of carbonyl (C=O) groups is 2. The molecule has 2 amide bonds. The van der Waals surface area contributed by atoms with Crippen molar-refractivity contribution in [2.24, 2.45) is 5.92 Å². The Morgan fingerprint density at radius 1 is 1.33 bits per heavy atom. The maximum Gasteiger partial charge on any atom is 0.250 e. The number of benzene rings is 1. The van der Waals surface area contributed by atoms with Crippen molar-refractivity contribution >= 4 is 23.2 Å². The van der Waals surface area contributed by atoms with Gasteiger partial charge in [-0.25, -0.2) is 0 Å². The van der Waals surface area contributed by atoms with Gasteiger partial charge < -0.3 is 20.7 Å². The van der Waals surface area contributed by atoms with Gasteiger partial charge in [0.2, 0.25) is 11.8 Å². The van der Waals surface area contributed by atoms with E-state index in [1.165, 1.54) is 7.11 Å². The van der Waals surface area contributed by atoms with Crippen LogP contribution in [-0.4, -0.2) is 38.6 Å². The molecule has 0 aromatic heterocycles. The monoisotopic (exact) mass is 291 g/mol. The second-order valence-corrected chi connectivity index (χ2v) is 5.09. The quantitative estimate of drug-likeness (QED) is 0.762. The smallest absolute Gasteiger partial charge is 0.250 e. The predicted octanol–water partition coefficient (Wildman–Crippen LogP) is 1.21. The zero-order chi connectivity index (χ0) is 15.1. The molecule has 0 aliphatic carbocycles. The SMILES string of the molecule is COCC(=O)Nc1cccc(NC(=O)[C@@H]2CCCNC2)c1. The van der Waals surface area contributed by atoms with Crippen molar-refractivity contribution in [1.29, 1.82) is 0 Å². The molecule has 6 heteroatoms. The summed E-state index contributed by atoms with van der Waals surface area (Å²) in [5.41, 5.74) is 1.32. The molecule has 1 saturated heterocycles. The van der Waals surface area contributed by atoms with Crippen LogP contribution in [0.5, 0.6) is 0 Å². The first-order valence-corrected chi connectivity index (χ1v) is 7.09. The summed E-state index contributed by atoms with van der Waals surface area (Å²) in [4.78, 5) is 23.6. The Morgan fingerprint density at radius 3 is 2.76 bits per heavy atom. The molecule has 1 fully saturated rings. The molecule has 1 aliphatic rings. The molecular weight excluding hydrogens is 270 g/mol. The van der Waals surface area contributed by atoms with E-state index in [0.717, 1.165) is 25.9 Å². The van der Waals surface area contributed by atoms with Crippen LogP contribution < -0.4 is 16.0 Å². The predicted molar refractivity (Wildman–Crippen MR) is 81.2 cm³/mol. The third-order valence-electron chi connectivity index (χ3n) is 3.36. The third kappa shape index (κ3) is 4.84. The average molecular weight is 291 g/mol. The van der Waals surface area contributed by atoms with Gasteiger partial charge in [-0.05, 0) is 37.6 Å². The molecule has 21 heavy (non-hydrogen) atoms. The Hall–Kier alpha value is -1.92. The summed E-state index contributed by atoms with van der Waals surface area (Å²) in [5, 5.41) is 8.83. The third-order valence-corrected chi connectivity index (χ3v) is 3.36. The van der Waals surface area contributed by atoms with E-state index >= 15 is 0 Å². The van der Waals surface area contributed by atoms with E-state index in [-0.39, 0.29) is 24.3 Å². The van der Waals surface area contributed by atoms with Crippen molar-refractivity contribution in [3.05, 3.63) is 24.3 Å². The first-order valence-electron chi connectivity index (χ1n) is 7.09. The number of amides is 2. The van der Waals surface area contributed by atoms with Gasteiger partial charge in [0.25, 0.3) is 0 Å². The van der Waals surface area contributed by atoms with Gasteiger partial charge in [-0.3, -0.25) is 9.59 Å². The topological polar surface area (TPSA) is 79.5 Å². The Balaban J connectivity index is 1.93. The number of hydrogen-bond acceptors (Lipinski definition) is 4. The lowest BCUT2D eigenvalue weighted by atomic mass is 9.99. The minimum absolute atomic E-state index is 0.00430. The molecule has 1 atom stereocenters. The standard InChI is InChI=1S/C15H21N3O3/c1-21-10-14(19)17-12-5-2-6-13(8-12)18-15(20)11-4-3-7-16-9-11/h2,5-6,8,11,16H,3-4,7,9-10H2,1H3,(H,17,19)(H,18,20)/t11-/m1/s1. The minimum atomic E-state index is -0.225. The van der Waals surface area contributed by atoms with Crippen LogP contribution in [0.25, 0.3) is 0 Å². The molecule has 2 rings (SSSR count). The highest BCUT2D eigenvalue weighted by Crippen LogP contribution is 2.18. The number of anilines is 2. The van der Waals surface area contributed by atoms with Gasteiger partial charge in [-0.15, -0.1) is 0 Å². The van der Waals surface area contributed by atoms with Gasteiger partial charge in [0.15, 0.2) is 0 Å². The summed E-state index contributed by atoms with van der Waals surface area (Å²) in [5.74, 6) is -0.203. The van der Waals surface area contributed by atoms with E-state index in [1.807, 2.05) is 0 Å². The van der Waals surface area contributed by atoms with Gasteiger partial charge >= 0.3 is 0 Å². The van der Waals surface area contributed by atoms with Crippen LogP contribution in [-0.2, 0) is 14.3 Å². The summed E-state index contributed by atoms with van der Waals surface area (Å²) in [7, 11) is 1.47. The Morgan fingerprint density at radius 2 is 2.10 bits per heavy atom. The van der Waals surface area contributed by atoms with E-state index in [1.54, 1.807) is 24.3 Å². The molecule has 0 spiro atoms. The van der Waals surface area contributed by atoms with Crippen molar-refractivity contribution < 1.29 is 14.3 Å². The Bertz CT molecular complexity index is 499. The number of hydrogen-bond donors (Lipinski definition) is 3. The van der Waals surface area contributed by atoms with Crippen molar-refractivity contribution in [3.8, 4) is 0 Å². The molecule has 1 aromatic carbocycles. The van der Waals surface area contributed by atoms with Crippen molar-refractivity contribution in [1.82, 2.24) is 5.32 Å². The molecule has 1 heterocycles. The highest BCUT2D eigenvalue weighted by Gasteiger charge is 2.20. The first-order chi connectivity index (χ1) is 10.2.